The summed E-state index contributed by atoms with van der Waals surface area (Å²) in [5.74, 6) is 1.59. The average molecular weight is 266 g/mol. The summed E-state index contributed by atoms with van der Waals surface area (Å²) in [5.41, 5.74) is 3.21. The Morgan fingerprint density at radius 1 is 1.20 bits per heavy atom. The molecule has 3 heteroatoms. The van der Waals surface area contributed by atoms with Crippen molar-refractivity contribution in [3.05, 3.63) is 41.3 Å². The third-order valence-electron chi connectivity index (χ3n) is 2.31. The maximum Gasteiger partial charge on any atom is 0.226 e. The fourth-order valence-electron chi connectivity index (χ4n) is 1.37. The molecule has 2 aromatic rings. The smallest absolute Gasteiger partial charge is 0.226 e. The number of alkyl halides is 1. The highest BCUT2D eigenvalue weighted by Gasteiger charge is 2.09. The van der Waals surface area contributed by atoms with Crippen LogP contribution in [-0.4, -0.2) is 4.98 Å². The SMILES string of the molecule is Cc1ccc(-c2nc(C)c(CBr)o2)cc1. The number of aromatic nitrogens is 1. The average Bonchev–Trinajstić information content (AvgIpc) is 2.61. The van der Waals surface area contributed by atoms with E-state index in [1.54, 1.807) is 0 Å². The molecule has 0 aliphatic carbocycles. The predicted octanol–water partition coefficient (Wildman–Crippen LogP) is 3.85. The molecule has 0 saturated heterocycles. The molecule has 0 aliphatic heterocycles. The predicted molar refractivity (Wildman–Crippen MR) is 64.0 cm³/mol. The first kappa shape index (κ1) is 10.4. The number of hydrogen-bond acceptors (Lipinski definition) is 2. The quantitative estimate of drug-likeness (QED) is 0.771. The first-order valence-corrected chi connectivity index (χ1v) is 5.92. The van der Waals surface area contributed by atoms with Crippen molar-refractivity contribution in [2.45, 2.75) is 19.2 Å². The summed E-state index contributed by atoms with van der Waals surface area (Å²) < 4.78 is 5.63. The van der Waals surface area contributed by atoms with Crippen LogP contribution in [0.25, 0.3) is 11.5 Å². The Hall–Kier alpha value is -1.09. The molecule has 0 bridgehead atoms. The molecule has 0 fully saturated rings. The number of aryl methyl sites for hydroxylation is 2. The standard InChI is InChI=1S/C12H12BrNO/c1-8-3-5-10(6-4-8)12-14-9(2)11(7-13)15-12/h3-6H,7H2,1-2H3. The minimum Gasteiger partial charge on any atom is -0.440 e. The van der Waals surface area contributed by atoms with Gasteiger partial charge in [0.15, 0.2) is 0 Å². The molecule has 0 amide bonds. The van der Waals surface area contributed by atoms with E-state index in [1.807, 2.05) is 19.1 Å². The highest BCUT2D eigenvalue weighted by molar-refractivity contribution is 9.08. The van der Waals surface area contributed by atoms with Crippen LogP contribution in [0, 0.1) is 13.8 Å². The highest BCUT2D eigenvalue weighted by Crippen LogP contribution is 2.23. The van der Waals surface area contributed by atoms with Gasteiger partial charge in [0.25, 0.3) is 0 Å². The zero-order chi connectivity index (χ0) is 10.8. The molecule has 2 nitrogen and oxygen atoms in total. The van der Waals surface area contributed by atoms with E-state index in [9.17, 15) is 0 Å². The molecule has 0 N–H and O–H groups in total. The molecule has 1 aromatic heterocycles. The molecule has 0 aliphatic rings. The van der Waals surface area contributed by atoms with E-state index in [4.69, 9.17) is 4.42 Å². The second kappa shape index (κ2) is 4.19. The maximum absolute atomic E-state index is 5.63. The van der Waals surface area contributed by atoms with Crippen molar-refractivity contribution in [3.8, 4) is 11.5 Å². The van der Waals surface area contributed by atoms with E-state index in [-0.39, 0.29) is 0 Å². The Kier molecular flexibility index (Phi) is 2.91. The Balaban J connectivity index is 2.41. The van der Waals surface area contributed by atoms with Gasteiger partial charge in [0.1, 0.15) is 5.76 Å². The number of benzene rings is 1. The van der Waals surface area contributed by atoms with E-state index in [0.717, 1.165) is 17.0 Å². The fourth-order valence-corrected chi connectivity index (χ4v) is 1.89. The molecule has 0 unspecified atom stereocenters. The van der Waals surface area contributed by atoms with Crippen LogP contribution in [0.2, 0.25) is 0 Å². The van der Waals surface area contributed by atoms with Gasteiger partial charge in [-0.1, -0.05) is 33.6 Å². The van der Waals surface area contributed by atoms with E-state index in [1.165, 1.54) is 5.56 Å². The lowest BCUT2D eigenvalue weighted by molar-refractivity contribution is 0.538. The lowest BCUT2D eigenvalue weighted by Crippen LogP contribution is -1.78. The summed E-state index contributed by atoms with van der Waals surface area (Å²) in [6.45, 7) is 4.02. The van der Waals surface area contributed by atoms with E-state index < -0.39 is 0 Å². The van der Waals surface area contributed by atoms with Gasteiger partial charge in [0.2, 0.25) is 5.89 Å². The van der Waals surface area contributed by atoms with Gasteiger partial charge in [0, 0.05) is 5.56 Å². The molecule has 0 radical (unpaired) electrons. The zero-order valence-corrected chi connectivity index (χ0v) is 10.3. The van der Waals surface area contributed by atoms with Crippen molar-refractivity contribution in [2.75, 3.05) is 0 Å². The van der Waals surface area contributed by atoms with Gasteiger partial charge in [-0.2, -0.15) is 0 Å². The summed E-state index contributed by atoms with van der Waals surface area (Å²) in [6, 6.07) is 8.17. The van der Waals surface area contributed by atoms with E-state index >= 15 is 0 Å². The Labute approximate surface area is 97.5 Å². The first-order chi connectivity index (χ1) is 7.20. The van der Waals surface area contributed by atoms with Crippen LogP contribution in [0.15, 0.2) is 28.7 Å². The molecule has 0 saturated carbocycles. The Morgan fingerprint density at radius 3 is 2.40 bits per heavy atom. The minimum atomic E-state index is 0.696. The van der Waals surface area contributed by atoms with Gasteiger partial charge < -0.3 is 4.42 Å². The second-order valence-corrected chi connectivity index (χ2v) is 4.09. The maximum atomic E-state index is 5.63. The van der Waals surface area contributed by atoms with Crippen molar-refractivity contribution >= 4 is 15.9 Å². The van der Waals surface area contributed by atoms with Gasteiger partial charge in [-0.3, -0.25) is 0 Å². The number of rotatable bonds is 2. The van der Waals surface area contributed by atoms with Crippen LogP contribution in [-0.2, 0) is 5.33 Å². The van der Waals surface area contributed by atoms with Crippen molar-refractivity contribution < 1.29 is 4.42 Å². The highest BCUT2D eigenvalue weighted by atomic mass is 79.9. The zero-order valence-electron chi connectivity index (χ0n) is 8.75. The van der Waals surface area contributed by atoms with Gasteiger partial charge >= 0.3 is 0 Å². The molecule has 2 rings (SSSR count). The lowest BCUT2D eigenvalue weighted by Gasteiger charge is -1.95. The number of halogens is 1. The summed E-state index contributed by atoms with van der Waals surface area (Å²) in [6.07, 6.45) is 0. The topological polar surface area (TPSA) is 26.0 Å². The number of oxazole rings is 1. The fraction of sp³-hybridized carbons (Fsp3) is 0.250. The van der Waals surface area contributed by atoms with Gasteiger partial charge in [-0.25, -0.2) is 4.98 Å². The third kappa shape index (κ3) is 2.12. The van der Waals surface area contributed by atoms with Gasteiger partial charge in [-0.05, 0) is 26.0 Å². The molecular formula is C12H12BrNO. The summed E-state index contributed by atoms with van der Waals surface area (Å²) in [4.78, 5) is 4.38. The normalized spacial score (nSPS) is 10.6. The second-order valence-electron chi connectivity index (χ2n) is 3.53. The minimum absolute atomic E-state index is 0.696. The van der Waals surface area contributed by atoms with Crippen LogP contribution in [0.3, 0.4) is 0 Å². The Morgan fingerprint density at radius 2 is 1.87 bits per heavy atom. The van der Waals surface area contributed by atoms with Crippen LogP contribution in [0.4, 0.5) is 0 Å². The van der Waals surface area contributed by atoms with E-state index in [2.05, 4.69) is 40.0 Å². The van der Waals surface area contributed by atoms with Crippen LogP contribution < -0.4 is 0 Å². The molecule has 15 heavy (non-hydrogen) atoms. The molecule has 78 valence electrons. The van der Waals surface area contributed by atoms with Gasteiger partial charge in [0.05, 0.1) is 11.0 Å². The van der Waals surface area contributed by atoms with Crippen molar-refractivity contribution in [3.63, 3.8) is 0 Å². The third-order valence-corrected chi connectivity index (χ3v) is 2.82. The molecule has 1 aromatic carbocycles. The Bertz CT molecular complexity index is 459. The van der Waals surface area contributed by atoms with Gasteiger partial charge in [-0.15, -0.1) is 0 Å². The number of nitrogens with zero attached hydrogens (tertiary/aromatic N) is 1. The molecular weight excluding hydrogens is 254 g/mol. The summed E-state index contributed by atoms with van der Waals surface area (Å²) >= 11 is 3.37. The molecule has 1 heterocycles. The van der Waals surface area contributed by atoms with Crippen molar-refractivity contribution in [1.82, 2.24) is 4.98 Å². The summed E-state index contributed by atoms with van der Waals surface area (Å²) in [7, 11) is 0. The molecule has 0 atom stereocenters. The summed E-state index contributed by atoms with van der Waals surface area (Å²) in [5, 5.41) is 0.706. The van der Waals surface area contributed by atoms with E-state index in [0.29, 0.717) is 11.2 Å². The van der Waals surface area contributed by atoms with Crippen molar-refractivity contribution in [1.29, 1.82) is 0 Å². The lowest BCUT2D eigenvalue weighted by atomic mass is 10.1. The van der Waals surface area contributed by atoms with Crippen LogP contribution in [0.5, 0.6) is 0 Å². The first-order valence-electron chi connectivity index (χ1n) is 4.80. The van der Waals surface area contributed by atoms with Crippen molar-refractivity contribution in [2.24, 2.45) is 0 Å². The van der Waals surface area contributed by atoms with Crippen LogP contribution in [0.1, 0.15) is 17.0 Å². The largest absolute Gasteiger partial charge is 0.440 e. The molecule has 0 spiro atoms. The van der Waals surface area contributed by atoms with Crippen LogP contribution >= 0.6 is 15.9 Å². The number of hydrogen-bond donors (Lipinski definition) is 0. The monoisotopic (exact) mass is 265 g/mol.